The summed E-state index contributed by atoms with van der Waals surface area (Å²) in [5, 5.41) is 2.95. The molecule has 2 aromatic rings. The smallest absolute Gasteiger partial charge is 0.234 e. The first-order chi connectivity index (χ1) is 9.80. The van der Waals surface area contributed by atoms with Crippen molar-refractivity contribution in [3.05, 3.63) is 58.9 Å². The number of amides is 1. The normalized spacial score (nSPS) is 11.2. The van der Waals surface area contributed by atoms with Crippen LogP contribution in [0.25, 0.3) is 0 Å². The Kier molecular flexibility index (Phi) is 4.19. The lowest BCUT2D eigenvalue weighted by Gasteiger charge is -2.24. The van der Waals surface area contributed by atoms with Gasteiger partial charge >= 0.3 is 0 Å². The minimum absolute atomic E-state index is 0.255. The van der Waals surface area contributed by atoms with Gasteiger partial charge in [-0.25, -0.2) is 4.39 Å². The molecule has 0 saturated carbocycles. The number of carbonyl (C=O) groups excluding carboxylic acids is 1. The largest absolute Gasteiger partial charge is 0.399 e. The quantitative estimate of drug-likeness (QED) is 0.843. The SMILES string of the molecule is CC(C)(C(=O)Nc1cc(F)ccc1Cl)c1ccc(N)cc1. The molecule has 2 aromatic carbocycles. The zero-order chi connectivity index (χ0) is 15.6. The Hall–Kier alpha value is -2.07. The fourth-order valence-corrected chi connectivity index (χ4v) is 2.07. The molecule has 0 saturated heterocycles. The molecule has 0 aliphatic rings. The fraction of sp³-hybridized carbons (Fsp3) is 0.188. The molecule has 0 fully saturated rings. The molecule has 3 N–H and O–H groups in total. The molecule has 3 nitrogen and oxygen atoms in total. The Bertz CT molecular complexity index is 668. The predicted octanol–water partition coefficient (Wildman–Crippen LogP) is 3.98. The molecular weight excluding hydrogens is 291 g/mol. The average Bonchev–Trinajstić information content (AvgIpc) is 2.43. The first kappa shape index (κ1) is 15.3. The van der Waals surface area contributed by atoms with E-state index < -0.39 is 11.2 Å². The van der Waals surface area contributed by atoms with E-state index in [1.54, 1.807) is 38.1 Å². The summed E-state index contributed by atoms with van der Waals surface area (Å²) in [7, 11) is 0. The molecule has 5 heteroatoms. The summed E-state index contributed by atoms with van der Waals surface area (Å²) in [5.74, 6) is -0.736. The highest BCUT2D eigenvalue weighted by molar-refractivity contribution is 6.33. The standard InChI is InChI=1S/C16H16ClFN2O/c1-16(2,10-3-6-12(19)7-4-10)15(21)20-14-9-11(18)5-8-13(14)17/h3-9H,19H2,1-2H3,(H,20,21). The number of hydrogen-bond donors (Lipinski definition) is 2. The molecule has 0 atom stereocenters. The molecular formula is C16H16ClFN2O. The van der Waals surface area contributed by atoms with Crippen molar-refractivity contribution in [2.45, 2.75) is 19.3 Å². The predicted molar refractivity (Wildman–Crippen MR) is 83.9 cm³/mol. The number of nitrogens with one attached hydrogen (secondary N) is 1. The summed E-state index contributed by atoms with van der Waals surface area (Å²) in [6, 6.07) is 10.9. The Balaban J connectivity index is 2.26. The summed E-state index contributed by atoms with van der Waals surface area (Å²) in [5.41, 5.74) is 6.53. The molecule has 0 radical (unpaired) electrons. The molecule has 0 spiro atoms. The number of carbonyl (C=O) groups is 1. The molecule has 0 aromatic heterocycles. The van der Waals surface area contributed by atoms with Gasteiger partial charge in [0.1, 0.15) is 5.82 Å². The van der Waals surface area contributed by atoms with Crippen LogP contribution in [0, 0.1) is 5.82 Å². The number of nitrogen functional groups attached to an aromatic ring is 1. The van der Waals surface area contributed by atoms with Crippen molar-refractivity contribution in [1.29, 1.82) is 0 Å². The van der Waals surface area contributed by atoms with Crippen molar-refractivity contribution in [3.63, 3.8) is 0 Å². The average molecular weight is 307 g/mol. The number of nitrogens with two attached hydrogens (primary N) is 1. The van der Waals surface area contributed by atoms with Crippen molar-refractivity contribution in [2.75, 3.05) is 11.1 Å². The number of halogens is 2. The number of benzene rings is 2. The maximum absolute atomic E-state index is 13.2. The van der Waals surface area contributed by atoms with E-state index in [1.807, 2.05) is 0 Å². The van der Waals surface area contributed by atoms with Gasteiger partial charge in [0.15, 0.2) is 0 Å². The van der Waals surface area contributed by atoms with E-state index in [0.29, 0.717) is 5.69 Å². The van der Waals surface area contributed by atoms with Gasteiger partial charge in [-0.05, 0) is 49.7 Å². The third kappa shape index (κ3) is 3.34. The van der Waals surface area contributed by atoms with Crippen molar-refractivity contribution < 1.29 is 9.18 Å². The van der Waals surface area contributed by atoms with Crippen LogP contribution in [0.4, 0.5) is 15.8 Å². The van der Waals surface area contributed by atoms with Gasteiger partial charge in [0, 0.05) is 5.69 Å². The number of anilines is 2. The monoisotopic (exact) mass is 306 g/mol. The maximum atomic E-state index is 13.2. The molecule has 21 heavy (non-hydrogen) atoms. The Morgan fingerprint density at radius 3 is 2.43 bits per heavy atom. The second-order valence-electron chi connectivity index (χ2n) is 5.33. The molecule has 0 aliphatic carbocycles. The van der Waals surface area contributed by atoms with Crippen molar-refractivity contribution in [3.8, 4) is 0 Å². The van der Waals surface area contributed by atoms with Crippen LogP contribution >= 0.6 is 11.6 Å². The third-order valence-corrected chi connectivity index (χ3v) is 3.71. The first-order valence-electron chi connectivity index (χ1n) is 6.43. The molecule has 0 heterocycles. The first-order valence-corrected chi connectivity index (χ1v) is 6.81. The van der Waals surface area contributed by atoms with E-state index in [9.17, 15) is 9.18 Å². The Labute approximate surface area is 127 Å². The van der Waals surface area contributed by atoms with Crippen LogP contribution < -0.4 is 11.1 Å². The van der Waals surface area contributed by atoms with Crippen LogP contribution in [0.15, 0.2) is 42.5 Å². The van der Waals surface area contributed by atoms with Gasteiger partial charge in [0.05, 0.1) is 16.1 Å². The summed E-state index contributed by atoms with van der Waals surface area (Å²) in [6.07, 6.45) is 0. The van der Waals surface area contributed by atoms with Crippen molar-refractivity contribution in [1.82, 2.24) is 0 Å². The summed E-state index contributed by atoms with van der Waals surface area (Å²) in [6.45, 7) is 3.56. The zero-order valence-corrected chi connectivity index (χ0v) is 12.5. The molecule has 0 aliphatic heterocycles. The second kappa shape index (κ2) is 5.74. The molecule has 0 bridgehead atoms. The molecule has 1 amide bonds. The van der Waals surface area contributed by atoms with Gasteiger partial charge in [0.2, 0.25) is 5.91 Å². The van der Waals surface area contributed by atoms with Crippen LogP contribution in [0.1, 0.15) is 19.4 Å². The number of rotatable bonds is 3. The van der Waals surface area contributed by atoms with Crippen LogP contribution in [0.2, 0.25) is 5.02 Å². The third-order valence-electron chi connectivity index (χ3n) is 3.38. The van der Waals surface area contributed by atoms with Gasteiger partial charge in [-0.1, -0.05) is 23.7 Å². The topological polar surface area (TPSA) is 55.1 Å². The van der Waals surface area contributed by atoms with Gasteiger partial charge < -0.3 is 11.1 Å². The lowest BCUT2D eigenvalue weighted by Crippen LogP contribution is -2.34. The van der Waals surface area contributed by atoms with Crippen LogP contribution in [-0.4, -0.2) is 5.91 Å². The second-order valence-corrected chi connectivity index (χ2v) is 5.73. The fourth-order valence-electron chi connectivity index (χ4n) is 1.90. The van der Waals surface area contributed by atoms with Crippen molar-refractivity contribution >= 4 is 28.9 Å². The maximum Gasteiger partial charge on any atom is 0.234 e. The van der Waals surface area contributed by atoms with E-state index in [-0.39, 0.29) is 16.6 Å². The van der Waals surface area contributed by atoms with Gasteiger partial charge in [-0.2, -0.15) is 0 Å². The van der Waals surface area contributed by atoms with Crippen LogP contribution in [0.5, 0.6) is 0 Å². The highest BCUT2D eigenvalue weighted by Gasteiger charge is 2.30. The lowest BCUT2D eigenvalue weighted by atomic mass is 9.83. The van der Waals surface area contributed by atoms with E-state index in [4.69, 9.17) is 17.3 Å². The highest BCUT2D eigenvalue weighted by atomic mass is 35.5. The van der Waals surface area contributed by atoms with Gasteiger partial charge in [0.25, 0.3) is 0 Å². The van der Waals surface area contributed by atoms with E-state index >= 15 is 0 Å². The van der Waals surface area contributed by atoms with Crippen LogP contribution in [-0.2, 0) is 10.2 Å². The number of hydrogen-bond acceptors (Lipinski definition) is 2. The van der Waals surface area contributed by atoms with E-state index in [0.717, 1.165) is 5.56 Å². The summed E-state index contributed by atoms with van der Waals surface area (Å²) >= 11 is 5.96. The van der Waals surface area contributed by atoms with Crippen LogP contribution in [0.3, 0.4) is 0 Å². The van der Waals surface area contributed by atoms with Gasteiger partial charge in [-0.15, -0.1) is 0 Å². The summed E-state index contributed by atoms with van der Waals surface area (Å²) in [4.78, 5) is 12.5. The highest BCUT2D eigenvalue weighted by Crippen LogP contribution is 2.28. The van der Waals surface area contributed by atoms with E-state index in [1.165, 1.54) is 18.2 Å². The molecule has 2 rings (SSSR count). The Morgan fingerprint density at radius 2 is 1.81 bits per heavy atom. The molecule has 110 valence electrons. The van der Waals surface area contributed by atoms with E-state index in [2.05, 4.69) is 5.32 Å². The van der Waals surface area contributed by atoms with Crippen molar-refractivity contribution in [2.24, 2.45) is 0 Å². The van der Waals surface area contributed by atoms with Gasteiger partial charge in [-0.3, -0.25) is 4.79 Å². The lowest BCUT2D eigenvalue weighted by molar-refractivity contribution is -0.120. The minimum atomic E-state index is -0.802. The summed E-state index contributed by atoms with van der Waals surface area (Å²) < 4.78 is 13.2. The molecule has 0 unspecified atom stereocenters. The minimum Gasteiger partial charge on any atom is -0.399 e. The Morgan fingerprint density at radius 1 is 1.19 bits per heavy atom. The zero-order valence-electron chi connectivity index (χ0n) is 11.8.